The lowest BCUT2D eigenvalue weighted by atomic mass is 9.93. The van der Waals surface area contributed by atoms with Gasteiger partial charge in [0.15, 0.2) is 17.1 Å². The molecule has 1 amide bonds. The fourth-order valence-corrected chi connectivity index (χ4v) is 4.31. The number of oxime groups is 1. The van der Waals surface area contributed by atoms with Crippen molar-refractivity contribution in [2.75, 3.05) is 26.7 Å². The Morgan fingerprint density at radius 3 is 2.93 bits per heavy atom. The van der Waals surface area contributed by atoms with Crippen molar-refractivity contribution in [1.29, 1.82) is 0 Å². The minimum absolute atomic E-state index is 0.263. The van der Waals surface area contributed by atoms with Gasteiger partial charge in [0.2, 0.25) is 5.91 Å². The molecule has 0 aromatic heterocycles. The van der Waals surface area contributed by atoms with Crippen molar-refractivity contribution in [2.45, 2.75) is 50.2 Å². The molecule has 1 aliphatic carbocycles. The Balaban J connectivity index is 1.47. The summed E-state index contributed by atoms with van der Waals surface area (Å²) in [4.78, 5) is 19.0. The molecule has 7 heteroatoms. The summed E-state index contributed by atoms with van der Waals surface area (Å²) in [6.07, 6.45) is 6.45. The lowest BCUT2D eigenvalue weighted by Gasteiger charge is -2.21. The van der Waals surface area contributed by atoms with Crippen LogP contribution in [-0.2, 0) is 9.63 Å². The molecule has 146 valence electrons. The van der Waals surface area contributed by atoms with Gasteiger partial charge in [-0.2, -0.15) is 0 Å². The molecule has 1 aromatic rings. The fraction of sp³-hybridized carbons (Fsp3) is 0.600. The van der Waals surface area contributed by atoms with Crippen LogP contribution in [0.15, 0.2) is 23.4 Å². The molecule has 2 aliphatic heterocycles. The molecular formula is C20H27N3O4. The van der Waals surface area contributed by atoms with E-state index in [9.17, 15) is 4.79 Å². The van der Waals surface area contributed by atoms with E-state index in [0.717, 1.165) is 55.0 Å². The maximum Gasteiger partial charge on any atom is 0.231 e. The Kier molecular flexibility index (Phi) is 4.95. The summed E-state index contributed by atoms with van der Waals surface area (Å²) in [5, 5.41) is 4.36. The minimum atomic E-state index is -0.350. The van der Waals surface area contributed by atoms with Crippen LogP contribution in [-0.4, -0.2) is 55.0 Å². The first-order valence-corrected chi connectivity index (χ1v) is 9.68. The van der Waals surface area contributed by atoms with Crippen LogP contribution in [0.2, 0.25) is 0 Å². The van der Waals surface area contributed by atoms with Gasteiger partial charge in [-0.3, -0.25) is 9.69 Å². The number of likely N-dealkylation sites (tertiary alicyclic amines) is 1. The van der Waals surface area contributed by atoms with Gasteiger partial charge in [-0.15, -0.1) is 0 Å². The van der Waals surface area contributed by atoms with E-state index < -0.39 is 0 Å². The second-order valence-electron chi connectivity index (χ2n) is 7.81. The van der Waals surface area contributed by atoms with Gasteiger partial charge in [-0.25, -0.2) is 0 Å². The maximum atomic E-state index is 11.2. The number of primary amides is 1. The van der Waals surface area contributed by atoms with E-state index in [0.29, 0.717) is 6.54 Å². The molecule has 1 spiro atoms. The van der Waals surface area contributed by atoms with Crippen molar-refractivity contribution in [3.05, 3.63) is 23.8 Å². The zero-order chi connectivity index (χ0) is 18.9. The highest BCUT2D eigenvalue weighted by atomic mass is 16.7. The molecule has 1 saturated heterocycles. The average Bonchev–Trinajstić information content (AvgIpc) is 3.38. The normalized spacial score (nSPS) is 25.6. The number of ether oxygens (including phenoxy) is 2. The van der Waals surface area contributed by atoms with Crippen molar-refractivity contribution < 1.29 is 19.1 Å². The monoisotopic (exact) mass is 373 g/mol. The summed E-state index contributed by atoms with van der Waals surface area (Å²) >= 11 is 0. The van der Waals surface area contributed by atoms with Crippen LogP contribution >= 0.6 is 0 Å². The van der Waals surface area contributed by atoms with Gasteiger partial charge >= 0.3 is 0 Å². The average molecular weight is 373 g/mol. The number of amides is 1. The summed E-state index contributed by atoms with van der Waals surface area (Å²) in [5.74, 6) is 1.20. The van der Waals surface area contributed by atoms with Crippen LogP contribution in [0.25, 0.3) is 0 Å². The molecule has 2 N–H and O–H groups in total. The van der Waals surface area contributed by atoms with E-state index in [4.69, 9.17) is 20.0 Å². The molecule has 3 aliphatic rings. The molecule has 7 nitrogen and oxygen atoms in total. The van der Waals surface area contributed by atoms with E-state index in [-0.39, 0.29) is 24.2 Å². The summed E-state index contributed by atoms with van der Waals surface area (Å²) in [5.41, 5.74) is 6.87. The van der Waals surface area contributed by atoms with Crippen molar-refractivity contribution in [3.63, 3.8) is 0 Å². The number of nitrogens with two attached hydrogens (primary N) is 1. The van der Waals surface area contributed by atoms with Crippen molar-refractivity contribution in [2.24, 2.45) is 10.9 Å². The minimum Gasteiger partial charge on any atom is -0.493 e. The zero-order valence-electron chi connectivity index (χ0n) is 15.8. The number of carbonyl (C=O) groups is 1. The van der Waals surface area contributed by atoms with Gasteiger partial charge in [0.1, 0.15) is 0 Å². The predicted molar refractivity (Wildman–Crippen MR) is 101 cm³/mol. The summed E-state index contributed by atoms with van der Waals surface area (Å²) in [6.45, 7) is 1.73. The van der Waals surface area contributed by atoms with Crippen molar-refractivity contribution in [3.8, 4) is 11.5 Å². The molecular weight excluding hydrogens is 346 g/mol. The maximum absolute atomic E-state index is 11.2. The number of rotatable bonds is 6. The predicted octanol–water partition coefficient (Wildman–Crippen LogP) is 2.07. The van der Waals surface area contributed by atoms with Crippen LogP contribution in [0.5, 0.6) is 11.5 Å². The third-order valence-electron chi connectivity index (χ3n) is 5.71. The topological polar surface area (TPSA) is 86.4 Å². The third-order valence-corrected chi connectivity index (χ3v) is 5.71. The number of carbonyl (C=O) groups excluding carboxylic acids is 1. The number of nitrogens with zero attached hydrogens (tertiary/aromatic N) is 2. The van der Waals surface area contributed by atoms with Crippen molar-refractivity contribution >= 4 is 11.6 Å². The Hall–Kier alpha value is -2.28. The zero-order valence-corrected chi connectivity index (χ0v) is 15.8. The lowest BCUT2D eigenvalue weighted by molar-refractivity contribution is -0.119. The number of hydrogen-bond acceptors (Lipinski definition) is 6. The van der Waals surface area contributed by atoms with Crippen LogP contribution < -0.4 is 15.2 Å². The molecule has 2 heterocycles. The summed E-state index contributed by atoms with van der Waals surface area (Å²) < 4.78 is 11.7. The molecule has 0 bridgehead atoms. The van der Waals surface area contributed by atoms with Crippen LogP contribution in [0, 0.1) is 0 Å². The number of benzene rings is 1. The van der Waals surface area contributed by atoms with Gasteiger partial charge in [0, 0.05) is 31.5 Å². The molecule has 4 rings (SSSR count). The Labute approximate surface area is 159 Å². The van der Waals surface area contributed by atoms with Gasteiger partial charge in [0.25, 0.3) is 0 Å². The van der Waals surface area contributed by atoms with Crippen molar-refractivity contribution in [1.82, 2.24) is 4.90 Å². The standard InChI is InChI=1S/C20H27N3O4/c1-25-17-7-6-14(10-18(17)26-15-4-2-3-5-15)16-11-20(27-22-16)8-9-23(13-20)12-19(21)24/h6-7,10,15H,2-5,8-9,11-13H2,1H3,(H2,21,24). The quantitative estimate of drug-likeness (QED) is 0.825. The number of hydrogen-bond donors (Lipinski definition) is 1. The number of methoxy groups -OCH3 is 1. The molecule has 2 fully saturated rings. The first kappa shape index (κ1) is 18.1. The molecule has 0 radical (unpaired) electrons. The third kappa shape index (κ3) is 3.88. The first-order valence-electron chi connectivity index (χ1n) is 9.68. The van der Waals surface area contributed by atoms with Gasteiger partial charge in [-0.05, 0) is 43.9 Å². The SMILES string of the molecule is COc1ccc(C2=NOC3(CCN(CC(N)=O)C3)C2)cc1OC1CCCC1. The van der Waals surface area contributed by atoms with Gasteiger partial charge in [-0.1, -0.05) is 5.16 Å². The summed E-state index contributed by atoms with van der Waals surface area (Å²) in [6, 6.07) is 5.94. The first-order chi connectivity index (χ1) is 13.1. The molecule has 27 heavy (non-hydrogen) atoms. The molecule has 1 saturated carbocycles. The second-order valence-corrected chi connectivity index (χ2v) is 7.81. The van der Waals surface area contributed by atoms with Crippen LogP contribution in [0.3, 0.4) is 0 Å². The Morgan fingerprint density at radius 2 is 2.19 bits per heavy atom. The second kappa shape index (κ2) is 7.38. The highest BCUT2D eigenvalue weighted by Gasteiger charge is 2.45. The molecule has 1 aromatic carbocycles. The van der Waals surface area contributed by atoms with E-state index in [1.807, 2.05) is 23.1 Å². The molecule has 1 atom stereocenters. The Morgan fingerprint density at radius 1 is 1.37 bits per heavy atom. The Bertz CT molecular complexity index is 745. The lowest BCUT2D eigenvalue weighted by Crippen LogP contribution is -2.37. The highest BCUT2D eigenvalue weighted by Crippen LogP contribution is 2.38. The summed E-state index contributed by atoms with van der Waals surface area (Å²) in [7, 11) is 1.66. The van der Waals surface area contributed by atoms with E-state index in [1.165, 1.54) is 12.8 Å². The van der Waals surface area contributed by atoms with E-state index in [2.05, 4.69) is 5.16 Å². The molecule has 1 unspecified atom stereocenters. The highest BCUT2D eigenvalue weighted by molar-refractivity contribution is 6.02. The van der Waals surface area contributed by atoms with E-state index in [1.54, 1.807) is 7.11 Å². The van der Waals surface area contributed by atoms with Crippen LogP contribution in [0.1, 0.15) is 44.1 Å². The largest absolute Gasteiger partial charge is 0.493 e. The van der Waals surface area contributed by atoms with E-state index >= 15 is 0 Å². The smallest absolute Gasteiger partial charge is 0.231 e. The fourth-order valence-electron chi connectivity index (χ4n) is 4.31. The van der Waals surface area contributed by atoms with Crippen LogP contribution in [0.4, 0.5) is 0 Å². The van der Waals surface area contributed by atoms with Gasteiger partial charge < -0.3 is 20.0 Å². The van der Waals surface area contributed by atoms with Gasteiger partial charge in [0.05, 0.1) is 25.5 Å².